The molecule has 0 aliphatic rings. The molecule has 0 saturated heterocycles. The number of rotatable bonds is 2. The van der Waals surface area contributed by atoms with Crippen LogP contribution in [0.25, 0.3) is 6.08 Å². The second-order valence-corrected chi connectivity index (χ2v) is 2.30. The van der Waals surface area contributed by atoms with Crippen molar-refractivity contribution in [3.05, 3.63) is 36.2 Å². The summed E-state index contributed by atoms with van der Waals surface area (Å²) in [6, 6.07) is 3.33. The van der Waals surface area contributed by atoms with Crippen molar-refractivity contribution in [2.24, 2.45) is 0 Å². The number of carbonyl (C=O) groups is 1. The van der Waals surface area contributed by atoms with Gasteiger partial charge in [-0.2, -0.15) is 0 Å². The average Bonchev–Trinajstić information content (AvgIpc) is 2.05. The first-order chi connectivity index (χ1) is 5.24. The van der Waals surface area contributed by atoms with Gasteiger partial charge >= 0.3 is 0 Å². The minimum Gasteiger partial charge on any atom is -0.274 e. The first kappa shape index (κ1) is 7.95. The van der Waals surface area contributed by atoms with E-state index in [9.17, 15) is 4.79 Å². The Hall–Kier alpha value is -1.15. The molecule has 0 N–H and O–H groups in total. The van der Waals surface area contributed by atoms with Gasteiger partial charge in [-0.05, 0) is 29.3 Å². The van der Waals surface area contributed by atoms with Crippen LogP contribution in [-0.2, 0) is 0 Å². The van der Waals surface area contributed by atoms with Crippen LogP contribution < -0.4 is 0 Å². The van der Waals surface area contributed by atoms with Crippen molar-refractivity contribution in [1.82, 2.24) is 4.98 Å². The molecule has 0 atom stereocenters. The van der Waals surface area contributed by atoms with Gasteiger partial charge in [-0.3, -0.25) is 9.78 Å². The van der Waals surface area contributed by atoms with Crippen molar-refractivity contribution in [3.63, 3.8) is 0 Å². The Morgan fingerprint density at radius 2 is 2.45 bits per heavy atom. The van der Waals surface area contributed by atoms with Crippen LogP contribution in [0.4, 0.5) is 0 Å². The van der Waals surface area contributed by atoms with E-state index in [0.29, 0.717) is 0 Å². The molecule has 0 unspecified atom stereocenters. The minimum absolute atomic E-state index is 0.254. The van der Waals surface area contributed by atoms with E-state index in [1.54, 1.807) is 18.2 Å². The van der Waals surface area contributed by atoms with Crippen LogP contribution in [0.1, 0.15) is 16.1 Å². The maximum atomic E-state index is 10.6. The molecule has 2 nitrogen and oxygen atoms in total. The van der Waals surface area contributed by atoms with Gasteiger partial charge in [-0.1, -0.05) is 12.7 Å². The normalized spacial score (nSPS) is 9.18. The third-order valence-corrected chi connectivity index (χ3v) is 1.41. The molecule has 11 heavy (non-hydrogen) atoms. The molecular formula is C8H6ClNO. The number of nitrogens with zero attached hydrogens (tertiary/aromatic N) is 1. The van der Waals surface area contributed by atoms with Crippen molar-refractivity contribution >= 4 is 22.9 Å². The summed E-state index contributed by atoms with van der Waals surface area (Å²) < 4.78 is 0. The van der Waals surface area contributed by atoms with Crippen molar-refractivity contribution in [3.8, 4) is 0 Å². The van der Waals surface area contributed by atoms with E-state index in [2.05, 4.69) is 11.6 Å². The summed E-state index contributed by atoms with van der Waals surface area (Å²) in [7, 11) is 0. The SMILES string of the molecule is C=Cc1ccnc(C(=O)Cl)c1. The maximum Gasteiger partial charge on any atom is 0.270 e. The van der Waals surface area contributed by atoms with Crippen molar-refractivity contribution < 1.29 is 4.79 Å². The number of hydrogen-bond acceptors (Lipinski definition) is 2. The summed E-state index contributed by atoms with van der Waals surface area (Å²) in [5, 5.41) is -0.547. The highest BCUT2D eigenvalue weighted by molar-refractivity contribution is 6.67. The largest absolute Gasteiger partial charge is 0.274 e. The van der Waals surface area contributed by atoms with Gasteiger partial charge in [-0.25, -0.2) is 0 Å². The van der Waals surface area contributed by atoms with Crippen LogP contribution >= 0.6 is 11.6 Å². The van der Waals surface area contributed by atoms with Crippen LogP contribution in [-0.4, -0.2) is 10.2 Å². The summed E-state index contributed by atoms with van der Waals surface area (Å²) in [6.45, 7) is 3.55. The second kappa shape index (κ2) is 3.30. The molecule has 0 amide bonds. The van der Waals surface area contributed by atoms with E-state index in [1.165, 1.54) is 6.20 Å². The molecule has 0 bridgehead atoms. The van der Waals surface area contributed by atoms with E-state index in [1.807, 2.05) is 0 Å². The Balaban J connectivity index is 3.10. The van der Waals surface area contributed by atoms with Gasteiger partial charge in [0, 0.05) is 6.20 Å². The lowest BCUT2D eigenvalue weighted by molar-refractivity contribution is 0.107. The fourth-order valence-corrected chi connectivity index (χ4v) is 0.785. The van der Waals surface area contributed by atoms with Gasteiger partial charge < -0.3 is 0 Å². The molecule has 1 heterocycles. The molecule has 56 valence electrons. The van der Waals surface area contributed by atoms with Crippen LogP contribution in [0.3, 0.4) is 0 Å². The summed E-state index contributed by atoms with van der Waals surface area (Å²) in [6.07, 6.45) is 3.15. The number of carbonyl (C=O) groups excluding carboxylic acids is 1. The van der Waals surface area contributed by atoms with E-state index >= 15 is 0 Å². The zero-order valence-corrected chi connectivity index (χ0v) is 6.51. The summed E-state index contributed by atoms with van der Waals surface area (Å²) in [4.78, 5) is 14.3. The topological polar surface area (TPSA) is 30.0 Å². The fourth-order valence-electron chi connectivity index (χ4n) is 0.681. The summed E-state index contributed by atoms with van der Waals surface area (Å²) in [5.41, 5.74) is 1.09. The Bertz CT molecular complexity index is 296. The lowest BCUT2D eigenvalue weighted by atomic mass is 10.2. The van der Waals surface area contributed by atoms with Gasteiger partial charge in [-0.15, -0.1) is 0 Å². The van der Waals surface area contributed by atoms with Crippen molar-refractivity contribution in [1.29, 1.82) is 0 Å². The fraction of sp³-hybridized carbons (Fsp3) is 0. The van der Waals surface area contributed by atoms with Crippen molar-refractivity contribution in [2.75, 3.05) is 0 Å². The highest BCUT2D eigenvalue weighted by atomic mass is 35.5. The van der Waals surface area contributed by atoms with Crippen LogP contribution in [0.15, 0.2) is 24.9 Å². The number of pyridine rings is 1. The van der Waals surface area contributed by atoms with Gasteiger partial charge in [0.2, 0.25) is 0 Å². The first-order valence-electron chi connectivity index (χ1n) is 3.02. The molecule has 1 rings (SSSR count). The maximum absolute atomic E-state index is 10.6. The van der Waals surface area contributed by atoms with Gasteiger partial charge in [0.15, 0.2) is 0 Å². The predicted molar refractivity (Wildman–Crippen MR) is 44.5 cm³/mol. The van der Waals surface area contributed by atoms with Gasteiger partial charge in [0.05, 0.1) is 0 Å². The molecule has 1 aromatic rings. The average molecular weight is 168 g/mol. The molecule has 0 aliphatic carbocycles. The first-order valence-corrected chi connectivity index (χ1v) is 3.40. The third kappa shape index (κ3) is 1.88. The molecule has 3 heteroatoms. The van der Waals surface area contributed by atoms with Crippen molar-refractivity contribution in [2.45, 2.75) is 0 Å². The van der Waals surface area contributed by atoms with E-state index in [-0.39, 0.29) is 5.69 Å². The molecular weight excluding hydrogens is 162 g/mol. The molecule has 0 fully saturated rings. The van der Waals surface area contributed by atoms with Gasteiger partial charge in [0.25, 0.3) is 5.24 Å². The van der Waals surface area contributed by atoms with Gasteiger partial charge in [0.1, 0.15) is 5.69 Å². The lowest BCUT2D eigenvalue weighted by Gasteiger charge is -1.93. The van der Waals surface area contributed by atoms with Crippen LogP contribution in [0, 0.1) is 0 Å². The molecule has 0 spiro atoms. The van der Waals surface area contributed by atoms with E-state index in [0.717, 1.165) is 5.56 Å². The zero-order chi connectivity index (χ0) is 8.27. The molecule has 1 aromatic heterocycles. The zero-order valence-electron chi connectivity index (χ0n) is 5.75. The second-order valence-electron chi connectivity index (χ2n) is 1.95. The highest BCUT2D eigenvalue weighted by Gasteiger charge is 2.01. The highest BCUT2D eigenvalue weighted by Crippen LogP contribution is 2.04. The number of aromatic nitrogens is 1. The number of hydrogen-bond donors (Lipinski definition) is 0. The summed E-state index contributed by atoms with van der Waals surface area (Å²) in [5.74, 6) is 0. The monoisotopic (exact) mass is 167 g/mol. The van der Waals surface area contributed by atoms with E-state index < -0.39 is 5.24 Å². The Labute approximate surface area is 69.5 Å². The molecule has 0 radical (unpaired) electrons. The molecule has 0 aromatic carbocycles. The van der Waals surface area contributed by atoms with Crippen LogP contribution in [0.5, 0.6) is 0 Å². The Morgan fingerprint density at radius 3 is 3.00 bits per heavy atom. The quantitative estimate of drug-likeness (QED) is 0.632. The smallest absolute Gasteiger partial charge is 0.270 e. The molecule has 0 aliphatic heterocycles. The predicted octanol–water partition coefficient (Wildman–Crippen LogP) is 2.10. The van der Waals surface area contributed by atoms with Crippen LogP contribution in [0.2, 0.25) is 0 Å². The third-order valence-electron chi connectivity index (χ3n) is 1.22. The van der Waals surface area contributed by atoms with E-state index in [4.69, 9.17) is 11.6 Å². The number of halogens is 1. The minimum atomic E-state index is -0.547. The lowest BCUT2D eigenvalue weighted by Crippen LogP contribution is -1.92. The standard InChI is InChI=1S/C8H6ClNO/c1-2-6-3-4-10-7(5-6)8(9)11/h2-5H,1H2. The Morgan fingerprint density at radius 1 is 1.73 bits per heavy atom. The molecule has 0 saturated carbocycles. The Kier molecular flexibility index (Phi) is 2.39. The summed E-state index contributed by atoms with van der Waals surface area (Å²) >= 11 is 5.20.